The van der Waals surface area contributed by atoms with Crippen molar-refractivity contribution in [2.24, 2.45) is 5.41 Å². The second kappa shape index (κ2) is 5.64. The Morgan fingerprint density at radius 3 is 2.12 bits per heavy atom. The number of hydrogen-bond donors (Lipinski definition) is 0. The number of fused-ring (bicyclic) bond motifs is 1. The van der Waals surface area contributed by atoms with Crippen LogP contribution in [0.3, 0.4) is 0 Å². The summed E-state index contributed by atoms with van der Waals surface area (Å²) in [6.07, 6.45) is 0.850. The molecule has 0 amide bonds. The molecule has 1 aliphatic rings. The molecule has 0 heterocycles. The summed E-state index contributed by atoms with van der Waals surface area (Å²) in [4.78, 5) is 10.7. The van der Waals surface area contributed by atoms with Crippen LogP contribution in [0.1, 0.15) is 73.1 Å². The Bertz CT molecular complexity index is 842. The van der Waals surface area contributed by atoms with Crippen molar-refractivity contribution in [2.75, 3.05) is 0 Å². The van der Waals surface area contributed by atoms with E-state index >= 15 is 0 Å². The van der Waals surface area contributed by atoms with Gasteiger partial charge in [0.2, 0.25) is 0 Å². The van der Waals surface area contributed by atoms with Gasteiger partial charge in [-0.25, -0.2) is 0 Å². The normalized spacial score (nSPS) is 20.0. The molecule has 1 aliphatic carbocycles. The van der Waals surface area contributed by atoms with Crippen LogP contribution in [0, 0.1) is 17.3 Å². The monoisotopic (exact) mass is 316 g/mol. The first-order chi connectivity index (χ1) is 11.3. The molecule has 0 spiro atoms. The summed E-state index contributed by atoms with van der Waals surface area (Å²) in [6, 6.07) is 14.0. The summed E-state index contributed by atoms with van der Waals surface area (Å²) in [5.41, 5.74) is 5.88. The minimum atomic E-state index is 0.130. The first-order valence-corrected chi connectivity index (χ1v) is 8.49. The molecule has 2 aromatic carbocycles. The van der Waals surface area contributed by atoms with Crippen molar-refractivity contribution in [3.63, 3.8) is 0 Å². The minimum Gasteiger partial charge on any atom is -0.298 e. The molecule has 0 saturated heterocycles. The van der Waals surface area contributed by atoms with Gasteiger partial charge in [-0.1, -0.05) is 64.7 Å². The average Bonchev–Trinajstić information content (AvgIpc) is 2.71. The predicted molar refractivity (Wildman–Crippen MR) is 99.5 cm³/mol. The Morgan fingerprint density at radius 1 is 0.917 bits per heavy atom. The fourth-order valence-electron chi connectivity index (χ4n) is 3.62. The largest absolute Gasteiger partial charge is 0.298 e. The lowest BCUT2D eigenvalue weighted by atomic mass is 9.65. The molecule has 24 heavy (non-hydrogen) atoms. The van der Waals surface area contributed by atoms with E-state index in [0.717, 1.165) is 17.4 Å². The fraction of sp³-hybridized carbons (Fsp3) is 0.348. The van der Waals surface area contributed by atoms with Gasteiger partial charge in [0.05, 0.1) is 0 Å². The van der Waals surface area contributed by atoms with E-state index in [-0.39, 0.29) is 10.8 Å². The molecular weight excluding hydrogens is 292 g/mol. The van der Waals surface area contributed by atoms with Crippen LogP contribution in [0.25, 0.3) is 0 Å². The molecule has 0 saturated carbocycles. The van der Waals surface area contributed by atoms with Crippen LogP contribution < -0.4 is 0 Å². The number of aldehydes is 1. The van der Waals surface area contributed by atoms with Crippen LogP contribution in [-0.2, 0) is 5.41 Å². The van der Waals surface area contributed by atoms with Gasteiger partial charge in [-0.3, -0.25) is 4.79 Å². The standard InChI is InChI=1S/C23H24O/c1-16-20-13-12-18(14-21(20)23(4,5)22(16,2)3)9-6-17-7-10-19(15-24)11-8-17/h7-8,10-16H,1-5H3. The third-order valence-corrected chi connectivity index (χ3v) is 6.28. The molecule has 3 rings (SSSR count). The van der Waals surface area contributed by atoms with Gasteiger partial charge in [0, 0.05) is 16.7 Å². The Kier molecular flexibility index (Phi) is 3.88. The molecule has 0 radical (unpaired) electrons. The van der Waals surface area contributed by atoms with Crippen molar-refractivity contribution in [3.05, 3.63) is 70.3 Å². The van der Waals surface area contributed by atoms with Crippen molar-refractivity contribution in [2.45, 2.75) is 46.0 Å². The van der Waals surface area contributed by atoms with Crippen molar-refractivity contribution >= 4 is 6.29 Å². The summed E-state index contributed by atoms with van der Waals surface area (Å²) < 4.78 is 0. The highest BCUT2D eigenvalue weighted by Crippen LogP contribution is 2.58. The van der Waals surface area contributed by atoms with Crippen LogP contribution in [-0.4, -0.2) is 6.29 Å². The molecule has 1 heteroatoms. The fourth-order valence-corrected chi connectivity index (χ4v) is 3.62. The molecule has 0 bridgehead atoms. The van der Waals surface area contributed by atoms with Gasteiger partial charge in [-0.05, 0) is 52.1 Å². The lowest BCUT2D eigenvalue weighted by Gasteiger charge is -2.38. The van der Waals surface area contributed by atoms with Crippen LogP contribution >= 0.6 is 0 Å². The first kappa shape index (κ1) is 16.5. The molecule has 2 aromatic rings. The first-order valence-electron chi connectivity index (χ1n) is 8.49. The van der Waals surface area contributed by atoms with Gasteiger partial charge in [0.1, 0.15) is 6.29 Å². The second-order valence-corrected chi connectivity index (χ2v) is 7.86. The molecule has 0 aromatic heterocycles. The van der Waals surface area contributed by atoms with E-state index in [0.29, 0.717) is 11.5 Å². The molecule has 0 fully saturated rings. The number of rotatable bonds is 1. The summed E-state index contributed by atoms with van der Waals surface area (Å²) >= 11 is 0. The molecule has 0 aliphatic heterocycles. The van der Waals surface area contributed by atoms with Crippen molar-refractivity contribution < 1.29 is 4.79 Å². The van der Waals surface area contributed by atoms with Crippen LogP contribution in [0.5, 0.6) is 0 Å². The molecule has 122 valence electrons. The van der Waals surface area contributed by atoms with Gasteiger partial charge in [-0.2, -0.15) is 0 Å². The predicted octanol–water partition coefficient (Wildman–Crippen LogP) is 5.32. The number of carbonyl (C=O) groups is 1. The molecule has 1 atom stereocenters. The topological polar surface area (TPSA) is 17.1 Å². The lowest BCUT2D eigenvalue weighted by molar-refractivity contribution is 0.112. The zero-order valence-electron chi connectivity index (χ0n) is 15.1. The highest BCUT2D eigenvalue weighted by molar-refractivity contribution is 5.74. The zero-order chi connectivity index (χ0) is 17.5. The Labute approximate surface area is 145 Å². The van der Waals surface area contributed by atoms with E-state index in [1.54, 1.807) is 12.1 Å². The van der Waals surface area contributed by atoms with Gasteiger partial charge >= 0.3 is 0 Å². The number of benzene rings is 2. The number of carbonyl (C=O) groups excluding carboxylic acids is 1. The Balaban J connectivity index is 1.96. The maximum absolute atomic E-state index is 10.7. The van der Waals surface area contributed by atoms with Crippen molar-refractivity contribution in [1.29, 1.82) is 0 Å². The molecule has 1 unspecified atom stereocenters. The van der Waals surface area contributed by atoms with Crippen LogP contribution in [0.4, 0.5) is 0 Å². The van der Waals surface area contributed by atoms with E-state index < -0.39 is 0 Å². The third-order valence-electron chi connectivity index (χ3n) is 6.28. The molecule has 1 nitrogen and oxygen atoms in total. The Hall–Kier alpha value is -2.33. The van der Waals surface area contributed by atoms with E-state index in [2.05, 4.69) is 64.7 Å². The van der Waals surface area contributed by atoms with Gasteiger partial charge in [0.15, 0.2) is 0 Å². The maximum Gasteiger partial charge on any atom is 0.150 e. The summed E-state index contributed by atoms with van der Waals surface area (Å²) in [5.74, 6) is 7.01. The van der Waals surface area contributed by atoms with Gasteiger partial charge in [0.25, 0.3) is 0 Å². The Morgan fingerprint density at radius 2 is 1.50 bits per heavy atom. The second-order valence-electron chi connectivity index (χ2n) is 7.86. The highest BCUT2D eigenvalue weighted by Gasteiger charge is 2.50. The van der Waals surface area contributed by atoms with E-state index in [1.165, 1.54) is 11.1 Å². The van der Waals surface area contributed by atoms with E-state index in [1.807, 2.05) is 12.1 Å². The molecule has 0 N–H and O–H groups in total. The van der Waals surface area contributed by atoms with Gasteiger partial charge < -0.3 is 0 Å². The summed E-state index contributed by atoms with van der Waals surface area (Å²) in [6.45, 7) is 11.7. The highest BCUT2D eigenvalue weighted by atomic mass is 16.1. The SMILES string of the molecule is CC1c2ccc(C#Cc3ccc(C=O)cc3)cc2C(C)(C)C1(C)C. The van der Waals surface area contributed by atoms with E-state index in [4.69, 9.17) is 0 Å². The third kappa shape index (κ3) is 2.47. The van der Waals surface area contributed by atoms with Crippen molar-refractivity contribution in [3.8, 4) is 11.8 Å². The minimum absolute atomic E-state index is 0.130. The zero-order valence-corrected chi connectivity index (χ0v) is 15.1. The van der Waals surface area contributed by atoms with Crippen molar-refractivity contribution in [1.82, 2.24) is 0 Å². The molecular formula is C23H24O. The van der Waals surface area contributed by atoms with Crippen LogP contribution in [0.15, 0.2) is 42.5 Å². The number of hydrogen-bond acceptors (Lipinski definition) is 1. The van der Waals surface area contributed by atoms with E-state index in [9.17, 15) is 4.79 Å². The van der Waals surface area contributed by atoms with Gasteiger partial charge in [-0.15, -0.1) is 0 Å². The summed E-state index contributed by atoms with van der Waals surface area (Å²) in [5, 5.41) is 0. The van der Waals surface area contributed by atoms with Crippen LogP contribution in [0.2, 0.25) is 0 Å². The quantitative estimate of drug-likeness (QED) is 0.514. The maximum atomic E-state index is 10.7. The average molecular weight is 316 g/mol. The smallest absolute Gasteiger partial charge is 0.150 e. The summed E-state index contributed by atoms with van der Waals surface area (Å²) in [7, 11) is 0. The lowest BCUT2D eigenvalue weighted by Crippen LogP contribution is -2.33.